The molecule has 0 aliphatic heterocycles. The fourth-order valence-corrected chi connectivity index (χ4v) is 2.37. The molecule has 0 saturated heterocycles. The van der Waals surface area contributed by atoms with Crippen molar-refractivity contribution in [2.24, 2.45) is 0 Å². The molecule has 0 fully saturated rings. The van der Waals surface area contributed by atoms with Gasteiger partial charge in [0.2, 0.25) is 5.91 Å². The first-order valence-electron chi connectivity index (χ1n) is 8.24. The molecular formula is C17H26N6O2. The number of carbonyl (C=O) groups excluding carboxylic acids is 1. The van der Waals surface area contributed by atoms with Crippen molar-refractivity contribution in [3.63, 3.8) is 0 Å². The van der Waals surface area contributed by atoms with Gasteiger partial charge in [-0.25, -0.2) is 4.98 Å². The molecule has 3 N–H and O–H groups in total. The van der Waals surface area contributed by atoms with Crippen molar-refractivity contribution in [1.82, 2.24) is 25.4 Å². The number of nitrogens with zero attached hydrogens (tertiary/aromatic N) is 3. The highest BCUT2D eigenvalue weighted by Crippen LogP contribution is 2.22. The van der Waals surface area contributed by atoms with Crippen LogP contribution in [0.3, 0.4) is 0 Å². The number of carbonyl (C=O) groups is 1. The average molecular weight is 346 g/mol. The first-order chi connectivity index (χ1) is 12.1. The van der Waals surface area contributed by atoms with Crippen molar-refractivity contribution in [2.75, 3.05) is 46.2 Å². The molecule has 0 atom stereocenters. The van der Waals surface area contributed by atoms with Crippen molar-refractivity contribution < 1.29 is 9.53 Å². The molecule has 8 heteroatoms. The van der Waals surface area contributed by atoms with Crippen molar-refractivity contribution in [3.8, 4) is 11.3 Å². The van der Waals surface area contributed by atoms with Crippen LogP contribution in [0, 0.1) is 0 Å². The van der Waals surface area contributed by atoms with Crippen LogP contribution >= 0.6 is 0 Å². The molecule has 0 spiro atoms. The summed E-state index contributed by atoms with van der Waals surface area (Å²) in [6.45, 7) is 3.07. The number of aromatic amines is 1. The normalized spacial score (nSPS) is 11.0. The van der Waals surface area contributed by atoms with E-state index in [1.54, 1.807) is 19.4 Å². The van der Waals surface area contributed by atoms with Crippen molar-refractivity contribution >= 4 is 11.7 Å². The van der Waals surface area contributed by atoms with Crippen LogP contribution in [0.1, 0.15) is 12.0 Å². The van der Waals surface area contributed by atoms with Gasteiger partial charge in [-0.3, -0.25) is 9.89 Å². The van der Waals surface area contributed by atoms with Crippen molar-refractivity contribution in [2.45, 2.75) is 13.0 Å². The molecule has 1 amide bonds. The summed E-state index contributed by atoms with van der Waals surface area (Å²) in [6.07, 6.45) is 3.88. The number of amides is 1. The molecule has 0 aliphatic carbocycles. The molecule has 0 radical (unpaired) electrons. The zero-order valence-electron chi connectivity index (χ0n) is 15.0. The summed E-state index contributed by atoms with van der Waals surface area (Å²) < 4.78 is 4.89. The third-order valence-corrected chi connectivity index (χ3v) is 3.75. The second-order valence-corrected chi connectivity index (χ2v) is 5.83. The fraction of sp³-hybridized carbons (Fsp3) is 0.471. The Morgan fingerprint density at radius 3 is 2.88 bits per heavy atom. The monoisotopic (exact) mass is 346 g/mol. The Bertz CT molecular complexity index is 655. The Balaban J connectivity index is 2.00. The van der Waals surface area contributed by atoms with E-state index in [9.17, 15) is 4.79 Å². The van der Waals surface area contributed by atoms with Gasteiger partial charge < -0.3 is 20.3 Å². The highest BCUT2D eigenvalue weighted by Gasteiger charge is 2.11. The van der Waals surface area contributed by atoms with Gasteiger partial charge >= 0.3 is 0 Å². The molecule has 0 bridgehead atoms. The maximum atomic E-state index is 11.7. The van der Waals surface area contributed by atoms with Crippen LogP contribution in [0.4, 0.5) is 5.82 Å². The number of nitrogens with one attached hydrogen (secondary N) is 3. The van der Waals surface area contributed by atoms with Gasteiger partial charge in [-0.05, 0) is 26.2 Å². The van der Waals surface area contributed by atoms with Gasteiger partial charge in [-0.2, -0.15) is 5.10 Å². The first kappa shape index (κ1) is 19.0. The number of methoxy groups -OCH3 is 1. The van der Waals surface area contributed by atoms with Gasteiger partial charge in [0, 0.05) is 44.1 Å². The Morgan fingerprint density at radius 2 is 2.20 bits per heavy atom. The number of anilines is 1. The van der Waals surface area contributed by atoms with Crippen LogP contribution < -0.4 is 10.6 Å². The lowest BCUT2D eigenvalue weighted by molar-refractivity contribution is -0.117. The molecule has 2 aromatic rings. The largest absolute Gasteiger partial charge is 0.384 e. The number of pyridine rings is 1. The van der Waals surface area contributed by atoms with E-state index in [1.165, 1.54) is 0 Å². The van der Waals surface area contributed by atoms with Crippen molar-refractivity contribution in [1.29, 1.82) is 0 Å². The summed E-state index contributed by atoms with van der Waals surface area (Å²) in [5.41, 5.74) is 2.99. The van der Waals surface area contributed by atoms with E-state index in [-0.39, 0.29) is 5.91 Å². The van der Waals surface area contributed by atoms with E-state index in [2.05, 4.69) is 37.8 Å². The molecule has 136 valence electrons. The summed E-state index contributed by atoms with van der Waals surface area (Å²) in [5, 5.41) is 13.1. The quantitative estimate of drug-likeness (QED) is 0.596. The predicted octanol–water partition coefficient (Wildman–Crippen LogP) is 1.10. The first-order valence-corrected chi connectivity index (χ1v) is 8.24. The summed E-state index contributed by atoms with van der Waals surface area (Å²) in [7, 11) is 5.59. The average Bonchev–Trinajstić information content (AvgIpc) is 3.07. The summed E-state index contributed by atoms with van der Waals surface area (Å²) >= 11 is 0. The fourth-order valence-electron chi connectivity index (χ4n) is 2.37. The van der Waals surface area contributed by atoms with Crippen molar-refractivity contribution in [3.05, 3.63) is 30.1 Å². The highest BCUT2D eigenvalue weighted by atomic mass is 16.5. The molecule has 8 nitrogen and oxygen atoms in total. The van der Waals surface area contributed by atoms with Crippen LogP contribution in [0.15, 0.2) is 24.5 Å². The standard InChI is InChI=1S/C17H26N6O2/c1-18-7-8-23(2)12-14-11-20-22-17(14)13-4-5-15(19-10-13)21-16(24)6-9-25-3/h4-5,10-11,18H,6-9,12H2,1-3H3,(H,20,22)(H,19,21,24). The Labute approximate surface area is 148 Å². The SMILES string of the molecule is CNCCN(C)Cc1cn[nH]c1-c1ccc(NC(=O)CCOC)nc1. The molecule has 25 heavy (non-hydrogen) atoms. The number of rotatable bonds is 10. The van der Waals surface area contributed by atoms with E-state index >= 15 is 0 Å². The summed E-state index contributed by atoms with van der Waals surface area (Å²) in [6, 6.07) is 3.71. The minimum Gasteiger partial charge on any atom is -0.384 e. The van der Waals surface area contributed by atoms with E-state index in [0.717, 1.165) is 36.5 Å². The Morgan fingerprint density at radius 1 is 1.36 bits per heavy atom. The smallest absolute Gasteiger partial charge is 0.227 e. The molecule has 0 aromatic carbocycles. The number of ether oxygens (including phenoxy) is 1. The molecule has 0 aliphatic rings. The van der Waals surface area contributed by atoms with Gasteiger partial charge in [0.1, 0.15) is 5.82 Å². The summed E-state index contributed by atoms with van der Waals surface area (Å²) in [4.78, 5) is 18.2. The van der Waals surface area contributed by atoms with Gasteiger partial charge in [0.25, 0.3) is 0 Å². The molecular weight excluding hydrogens is 320 g/mol. The predicted molar refractivity (Wildman–Crippen MR) is 97.2 cm³/mol. The van der Waals surface area contributed by atoms with E-state index in [4.69, 9.17) is 4.74 Å². The van der Waals surface area contributed by atoms with E-state index in [0.29, 0.717) is 18.8 Å². The highest BCUT2D eigenvalue weighted by molar-refractivity contribution is 5.89. The number of hydrogen-bond donors (Lipinski definition) is 3. The van der Waals surface area contributed by atoms with Gasteiger partial charge in [-0.15, -0.1) is 0 Å². The lowest BCUT2D eigenvalue weighted by atomic mass is 10.1. The maximum absolute atomic E-state index is 11.7. The van der Waals surface area contributed by atoms with Crippen LogP contribution in [-0.4, -0.2) is 66.9 Å². The second-order valence-electron chi connectivity index (χ2n) is 5.83. The molecule has 2 rings (SSSR count). The van der Waals surface area contributed by atoms with Crippen LogP contribution in [0.2, 0.25) is 0 Å². The number of aromatic nitrogens is 3. The summed E-state index contributed by atoms with van der Waals surface area (Å²) in [5.74, 6) is 0.410. The van der Waals surface area contributed by atoms with Crippen LogP contribution in [-0.2, 0) is 16.1 Å². The minimum atomic E-state index is -0.115. The topological polar surface area (TPSA) is 95.2 Å². The third-order valence-electron chi connectivity index (χ3n) is 3.75. The second kappa shape index (κ2) is 9.87. The van der Waals surface area contributed by atoms with E-state index in [1.807, 2.05) is 19.3 Å². The Hall–Kier alpha value is -2.29. The number of H-pyrrole nitrogens is 1. The zero-order chi connectivity index (χ0) is 18.1. The molecule has 2 aromatic heterocycles. The lowest BCUT2D eigenvalue weighted by Gasteiger charge is -2.16. The number of likely N-dealkylation sites (N-methyl/N-ethyl adjacent to an activating group) is 2. The molecule has 0 unspecified atom stereocenters. The lowest BCUT2D eigenvalue weighted by Crippen LogP contribution is -2.27. The van der Waals surface area contributed by atoms with Gasteiger partial charge in [-0.1, -0.05) is 0 Å². The Kier molecular flexibility index (Phi) is 7.52. The number of hydrogen-bond acceptors (Lipinski definition) is 6. The zero-order valence-corrected chi connectivity index (χ0v) is 15.0. The van der Waals surface area contributed by atoms with Crippen LogP contribution in [0.25, 0.3) is 11.3 Å². The molecule has 2 heterocycles. The van der Waals surface area contributed by atoms with E-state index < -0.39 is 0 Å². The van der Waals surface area contributed by atoms with Crippen LogP contribution in [0.5, 0.6) is 0 Å². The maximum Gasteiger partial charge on any atom is 0.227 e. The third kappa shape index (κ3) is 5.93. The van der Waals surface area contributed by atoms with Gasteiger partial charge in [0.05, 0.1) is 24.9 Å². The van der Waals surface area contributed by atoms with Gasteiger partial charge in [0.15, 0.2) is 0 Å². The molecule has 0 saturated carbocycles. The minimum absolute atomic E-state index is 0.115.